The van der Waals surface area contributed by atoms with Crippen molar-refractivity contribution >= 4 is 22.7 Å². The Morgan fingerprint density at radius 2 is 1.44 bits per heavy atom. The normalized spacial score (nSPS) is 10.9. The van der Waals surface area contributed by atoms with Crippen LogP contribution >= 0.6 is 0 Å². The average molecular weight is 542 g/mol. The minimum absolute atomic E-state index is 0.0307. The second-order valence-electron chi connectivity index (χ2n) is 8.80. The molecule has 1 aromatic heterocycles. The Kier molecular flexibility index (Phi) is 9.45. The van der Waals surface area contributed by atoms with Crippen LogP contribution in [0.25, 0.3) is 22.0 Å². The minimum atomic E-state index is -0.851. The van der Waals surface area contributed by atoms with Gasteiger partial charge in [-0.3, -0.25) is 4.79 Å². The Bertz CT molecular complexity index is 1380. The van der Waals surface area contributed by atoms with Gasteiger partial charge < -0.3 is 33.6 Å². The zero-order valence-corrected chi connectivity index (χ0v) is 23.6. The first-order valence-electron chi connectivity index (χ1n) is 12.5. The van der Waals surface area contributed by atoms with Gasteiger partial charge in [-0.05, 0) is 23.6 Å². The Labute approximate surface area is 227 Å². The predicted molar refractivity (Wildman–Crippen MR) is 145 cm³/mol. The number of carbonyl (C=O) groups excluding carboxylic acids is 2. The van der Waals surface area contributed by atoms with Crippen LogP contribution in [0.4, 0.5) is 0 Å². The second kappa shape index (κ2) is 12.6. The van der Waals surface area contributed by atoms with E-state index in [1.165, 1.54) is 48.7 Å². The van der Waals surface area contributed by atoms with Gasteiger partial charge in [0.05, 0.1) is 48.7 Å². The molecule has 39 heavy (non-hydrogen) atoms. The number of carbonyl (C=O) groups is 2. The van der Waals surface area contributed by atoms with Crippen LogP contribution in [0.3, 0.4) is 0 Å². The molecule has 2 aromatic carbocycles. The van der Waals surface area contributed by atoms with Gasteiger partial charge in [0.15, 0.2) is 23.0 Å². The molecular weight excluding hydrogens is 506 g/mol. The molecule has 0 fully saturated rings. The zero-order chi connectivity index (χ0) is 28.9. The largest absolute Gasteiger partial charge is 0.618 e. The van der Waals surface area contributed by atoms with E-state index in [4.69, 9.17) is 28.4 Å². The number of aromatic nitrogens is 1. The highest BCUT2D eigenvalue weighted by atomic mass is 16.5. The molecule has 0 atom stereocenters. The number of esters is 1. The molecule has 0 N–H and O–H groups in total. The topological polar surface area (TPSA) is 116 Å². The smallest absolute Gasteiger partial charge is 0.345 e. The minimum Gasteiger partial charge on any atom is -0.618 e. The van der Waals surface area contributed by atoms with Crippen LogP contribution in [0.15, 0.2) is 24.3 Å². The van der Waals surface area contributed by atoms with Gasteiger partial charge in [0.2, 0.25) is 17.0 Å². The Morgan fingerprint density at radius 3 is 1.95 bits per heavy atom. The van der Waals surface area contributed by atoms with Crippen LogP contribution in [0.1, 0.15) is 54.0 Å². The molecule has 0 saturated carbocycles. The number of rotatable bonds is 12. The number of hydrogen-bond acceptors (Lipinski definition) is 9. The van der Waals surface area contributed by atoms with Crippen LogP contribution in [-0.4, -0.2) is 54.4 Å². The second-order valence-corrected chi connectivity index (χ2v) is 8.80. The van der Waals surface area contributed by atoms with Crippen molar-refractivity contribution in [1.82, 2.24) is 0 Å². The molecule has 0 bridgehead atoms. The summed E-state index contributed by atoms with van der Waals surface area (Å²) in [6, 6.07) is 6.48. The summed E-state index contributed by atoms with van der Waals surface area (Å²) in [5.74, 6) is 0.106. The molecule has 0 aliphatic carbocycles. The number of nitrogens with zero attached hydrogens (tertiary/aromatic N) is 1. The van der Waals surface area contributed by atoms with E-state index in [1.54, 1.807) is 18.2 Å². The molecule has 0 saturated heterocycles. The van der Waals surface area contributed by atoms with Gasteiger partial charge in [-0.1, -0.05) is 32.8 Å². The van der Waals surface area contributed by atoms with E-state index in [2.05, 4.69) is 0 Å². The SMILES string of the molecule is CCC(CC)CC(=O)c1c(C(=O)OC)c(-c2ccc(OC)c(OC)c2)c2c(OC)c(OC)c(OC)cc2[n+]1[O-]. The number of ketones is 1. The maximum Gasteiger partial charge on any atom is 0.345 e. The summed E-state index contributed by atoms with van der Waals surface area (Å²) >= 11 is 0. The van der Waals surface area contributed by atoms with E-state index in [1.807, 2.05) is 13.8 Å². The van der Waals surface area contributed by atoms with Gasteiger partial charge >= 0.3 is 5.97 Å². The van der Waals surface area contributed by atoms with Gasteiger partial charge in [0, 0.05) is 12.0 Å². The van der Waals surface area contributed by atoms with Crippen molar-refractivity contribution in [3.05, 3.63) is 40.7 Å². The van der Waals surface area contributed by atoms with Crippen LogP contribution in [0.2, 0.25) is 0 Å². The summed E-state index contributed by atoms with van der Waals surface area (Å²) in [6.07, 6.45) is 1.56. The van der Waals surface area contributed by atoms with Crippen molar-refractivity contribution in [3.8, 4) is 39.9 Å². The quantitative estimate of drug-likeness (QED) is 0.135. The van der Waals surface area contributed by atoms with Crippen LogP contribution in [0, 0.1) is 11.1 Å². The molecule has 0 unspecified atom stereocenters. The molecule has 3 rings (SSSR count). The third-order valence-corrected chi connectivity index (χ3v) is 6.92. The van der Waals surface area contributed by atoms with Crippen molar-refractivity contribution in [2.24, 2.45) is 5.92 Å². The lowest BCUT2D eigenvalue weighted by Gasteiger charge is -2.21. The van der Waals surface area contributed by atoms with Gasteiger partial charge in [0.25, 0.3) is 5.69 Å². The van der Waals surface area contributed by atoms with E-state index >= 15 is 0 Å². The van der Waals surface area contributed by atoms with Crippen molar-refractivity contribution in [2.75, 3.05) is 42.7 Å². The van der Waals surface area contributed by atoms with Gasteiger partial charge in [0.1, 0.15) is 10.9 Å². The molecule has 210 valence electrons. The summed E-state index contributed by atoms with van der Waals surface area (Å²) < 4.78 is 33.3. The molecule has 0 aliphatic rings. The number of Topliss-reactive ketones (excluding diaryl/α,β-unsaturated/α-hetero) is 1. The van der Waals surface area contributed by atoms with Crippen molar-refractivity contribution < 1.29 is 42.7 Å². The Hall–Kier alpha value is -4.21. The molecule has 10 nitrogen and oxygen atoms in total. The van der Waals surface area contributed by atoms with Gasteiger partial charge in [-0.25, -0.2) is 4.79 Å². The highest BCUT2D eigenvalue weighted by Gasteiger charge is 2.37. The zero-order valence-electron chi connectivity index (χ0n) is 23.6. The maximum atomic E-state index is 14.0. The van der Waals surface area contributed by atoms with Crippen LogP contribution in [0.5, 0.6) is 28.7 Å². The first-order chi connectivity index (χ1) is 18.8. The van der Waals surface area contributed by atoms with Crippen molar-refractivity contribution in [3.63, 3.8) is 0 Å². The number of hydrogen-bond donors (Lipinski definition) is 0. The Morgan fingerprint density at radius 1 is 0.821 bits per heavy atom. The third-order valence-electron chi connectivity index (χ3n) is 6.92. The number of methoxy groups -OCH3 is 6. The van der Waals surface area contributed by atoms with Gasteiger partial charge in [-0.15, -0.1) is 0 Å². The van der Waals surface area contributed by atoms with E-state index in [0.717, 1.165) is 12.8 Å². The molecular formula is C29H35NO9. The summed E-state index contributed by atoms with van der Waals surface area (Å²) in [4.78, 5) is 27.2. The Balaban J connectivity index is 2.65. The highest BCUT2D eigenvalue weighted by molar-refractivity contribution is 6.15. The molecule has 0 amide bonds. The van der Waals surface area contributed by atoms with Crippen molar-refractivity contribution in [2.45, 2.75) is 33.1 Å². The van der Waals surface area contributed by atoms with E-state index < -0.39 is 11.8 Å². The lowest BCUT2D eigenvalue weighted by Crippen LogP contribution is -2.39. The van der Waals surface area contributed by atoms with Crippen molar-refractivity contribution in [1.29, 1.82) is 0 Å². The molecule has 10 heteroatoms. The van der Waals surface area contributed by atoms with Gasteiger partial charge in [-0.2, -0.15) is 4.73 Å². The summed E-state index contributed by atoms with van der Waals surface area (Å²) in [6.45, 7) is 3.96. The van der Waals surface area contributed by atoms with E-state index in [-0.39, 0.29) is 57.3 Å². The predicted octanol–water partition coefficient (Wildman–Crippen LogP) is 4.98. The fourth-order valence-electron chi connectivity index (χ4n) is 4.78. The highest BCUT2D eigenvalue weighted by Crippen LogP contribution is 2.48. The molecule has 0 aliphatic heterocycles. The molecule has 0 radical (unpaired) electrons. The maximum absolute atomic E-state index is 14.0. The summed E-state index contributed by atoms with van der Waals surface area (Å²) in [7, 11) is 8.45. The van der Waals surface area contributed by atoms with Crippen LogP contribution < -0.4 is 28.4 Å². The molecule has 3 aromatic rings. The van der Waals surface area contributed by atoms with E-state index in [9.17, 15) is 14.8 Å². The van der Waals surface area contributed by atoms with Crippen LogP contribution in [-0.2, 0) is 4.74 Å². The first-order valence-corrected chi connectivity index (χ1v) is 12.5. The summed E-state index contributed by atoms with van der Waals surface area (Å²) in [5.41, 5.74) is 0.250. The third kappa shape index (κ3) is 5.23. The monoisotopic (exact) mass is 541 g/mol. The number of ether oxygens (including phenoxy) is 6. The molecule has 0 spiro atoms. The lowest BCUT2D eigenvalue weighted by atomic mass is 9.89. The molecule has 1 heterocycles. The lowest BCUT2D eigenvalue weighted by molar-refractivity contribution is -0.579. The fourth-order valence-corrected chi connectivity index (χ4v) is 4.78. The number of benzene rings is 2. The number of fused-ring (bicyclic) bond motifs is 1. The van der Waals surface area contributed by atoms with E-state index in [0.29, 0.717) is 21.8 Å². The standard InChI is InChI=1S/C29H35NO9/c1-9-16(10-2)13-19(31)26-25(29(32)39-8)23(17-11-12-20(34-3)21(14-17)35-4)24-18(30(26)33)15-22(36-5)27(37-6)28(24)38-7/h11-12,14-16H,9-10,13H2,1-8H3. The number of pyridine rings is 1. The fraction of sp³-hybridized carbons (Fsp3) is 0.414. The average Bonchev–Trinajstić information content (AvgIpc) is 2.97. The summed E-state index contributed by atoms with van der Waals surface area (Å²) in [5, 5.41) is 14.2. The first kappa shape index (κ1) is 29.3.